The SMILES string of the molecule is Cc1ccc(S(=O)(=O)N2CCC(Cn3ccnc3C(C)C)CC2)cc1C. The third-order valence-corrected chi connectivity index (χ3v) is 7.30. The van der Waals surface area contributed by atoms with Crippen molar-refractivity contribution in [2.24, 2.45) is 5.92 Å². The summed E-state index contributed by atoms with van der Waals surface area (Å²) in [5.74, 6) is 2.00. The van der Waals surface area contributed by atoms with Crippen LogP contribution >= 0.6 is 0 Å². The summed E-state index contributed by atoms with van der Waals surface area (Å²) in [7, 11) is -3.39. The zero-order chi connectivity index (χ0) is 18.9. The average molecular weight is 376 g/mol. The maximum Gasteiger partial charge on any atom is 0.243 e. The van der Waals surface area contributed by atoms with E-state index in [1.807, 2.05) is 32.3 Å². The van der Waals surface area contributed by atoms with Crippen molar-refractivity contribution in [2.45, 2.75) is 57.9 Å². The van der Waals surface area contributed by atoms with Gasteiger partial charge in [-0.05, 0) is 55.9 Å². The van der Waals surface area contributed by atoms with Gasteiger partial charge in [0.05, 0.1) is 4.90 Å². The minimum Gasteiger partial charge on any atom is -0.334 e. The van der Waals surface area contributed by atoms with E-state index in [1.165, 1.54) is 0 Å². The number of benzene rings is 1. The number of aromatic nitrogens is 2. The molecule has 1 aliphatic heterocycles. The zero-order valence-corrected chi connectivity index (χ0v) is 17.0. The number of rotatable bonds is 5. The predicted molar refractivity (Wildman–Crippen MR) is 104 cm³/mol. The number of imidazole rings is 1. The van der Waals surface area contributed by atoms with Crippen molar-refractivity contribution in [3.63, 3.8) is 0 Å². The van der Waals surface area contributed by atoms with Crippen molar-refractivity contribution in [3.05, 3.63) is 47.5 Å². The lowest BCUT2D eigenvalue weighted by Crippen LogP contribution is -2.39. The average Bonchev–Trinajstić information content (AvgIpc) is 3.06. The molecule has 0 atom stereocenters. The molecule has 2 aromatic rings. The summed E-state index contributed by atoms with van der Waals surface area (Å²) in [6, 6.07) is 5.41. The summed E-state index contributed by atoms with van der Waals surface area (Å²) >= 11 is 0. The highest BCUT2D eigenvalue weighted by atomic mass is 32.2. The fraction of sp³-hybridized carbons (Fsp3) is 0.550. The molecule has 1 aliphatic rings. The predicted octanol–water partition coefficient (Wildman–Crippen LogP) is 3.72. The Morgan fingerprint density at radius 2 is 1.85 bits per heavy atom. The van der Waals surface area contributed by atoms with Crippen LogP contribution in [0.4, 0.5) is 0 Å². The third-order valence-electron chi connectivity index (χ3n) is 5.41. The molecule has 3 rings (SSSR count). The van der Waals surface area contributed by atoms with Crippen LogP contribution in [0.25, 0.3) is 0 Å². The number of sulfonamides is 1. The lowest BCUT2D eigenvalue weighted by molar-refractivity contribution is 0.251. The second-order valence-corrected chi connectivity index (χ2v) is 9.62. The van der Waals surface area contributed by atoms with Crippen molar-refractivity contribution in [3.8, 4) is 0 Å². The van der Waals surface area contributed by atoms with Crippen LogP contribution in [0.2, 0.25) is 0 Å². The number of nitrogens with zero attached hydrogens (tertiary/aromatic N) is 3. The van der Waals surface area contributed by atoms with Crippen LogP contribution in [0.5, 0.6) is 0 Å². The molecular weight excluding hydrogens is 346 g/mol. The van der Waals surface area contributed by atoms with Gasteiger partial charge in [-0.25, -0.2) is 13.4 Å². The highest BCUT2D eigenvalue weighted by Gasteiger charge is 2.30. The minimum absolute atomic E-state index is 0.398. The summed E-state index contributed by atoms with van der Waals surface area (Å²) in [6.07, 6.45) is 5.67. The monoisotopic (exact) mass is 375 g/mol. The molecule has 0 saturated carbocycles. The van der Waals surface area contributed by atoms with Crippen LogP contribution in [0.1, 0.15) is 49.6 Å². The normalized spacial score (nSPS) is 17.1. The van der Waals surface area contributed by atoms with E-state index in [0.29, 0.717) is 29.8 Å². The Kier molecular flexibility index (Phi) is 5.53. The molecule has 5 nitrogen and oxygen atoms in total. The van der Waals surface area contributed by atoms with Crippen LogP contribution < -0.4 is 0 Å². The molecule has 0 bridgehead atoms. The maximum absolute atomic E-state index is 12.9. The molecule has 1 fully saturated rings. The standard InChI is InChI=1S/C20H29N3O2S/c1-15(2)20-21-9-12-22(20)14-18-7-10-23(11-8-18)26(24,25)19-6-5-16(3)17(4)13-19/h5-6,9,12-13,15,18H,7-8,10-11,14H2,1-4H3. The van der Waals surface area contributed by atoms with Crippen LogP contribution in [0.15, 0.2) is 35.5 Å². The first-order valence-electron chi connectivity index (χ1n) is 9.37. The van der Waals surface area contributed by atoms with E-state index in [2.05, 4.69) is 23.4 Å². The highest BCUT2D eigenvalue weighted by molar-refractivity contribution is 7.89. The lowest BCUT2D eigenvalue weighted by atomic mass is 9.98. The van der Waals surface area contributed by atoms with E-state index in [-0.39, 0.29) is 0 Å². The van der Waals surface area contributed by atoms with Gasteiger partial charge in [-0.2, -0.15) is 4.31 Å². The molecule has 26 heavy (non-hydrogen) atoms. The molecule has 0 amide bonds. The van der Waals surface area contributed by atoms with E-state index in [0.717, 1.165) is 36.3 Å². The van der Waals surface area contributed by atoms with Gasteiger partial charge < -0.3 is 4.57 Å². The number of aryl methyl sites for hydroxylation is 2. The summed E-state index contributed by atoms with van der Waals surface area (Å²) in [6.45, 7) is 10.4. The zero-order valence-electron chi connectivity index (χ0n) is 16.1. The first-order valence-corrected chi connectivity index (χ1v) is 10.8. The fourth-order valence-corrected chi connectivity index (χ4v) is 5.17. The van der Waals surface area contributed by atoms with E-state index < -0.39 is 10.0 Å². The smallest absolute Gasteiger partial charge is 0.243 e. The Balaban J connectivity index is 1.66. The third kappa shape index (κ3) is 3.86. The first kappa shape index (κ1) is 19.1. The molecule has 0 N–H and O–H groups in total. The Morgan fingerprint density at radius 1 is 1.15 bits per heavy atom. The van der Waals surface area contributed by atoms with Gasteiger partial charge >= 0.3 is 0 Å². The van der Waals surface area contributed by atoms with Crippen molar-refractivity contribution in [1.29, 1.82) is 0 Å². The van der Waals surface area contributed by atoms with Crippen molar-refractivity contribution in [1.82, 2.24) is 13.9 Å². The Labute approximate surface area is 157 Å². The van der Waals surface area contributed by atoms with Crippen molar-refractivity contribution >= 4 is 10.0 Å². The van der Waals surface area contributed by atoms with Crippen LogP contribution in [-0.4, -0.2) is 35.4 Å². The van der Waals surface area contributed by atoms with E-state index in [1.54, 1.807) is 16.4 Å². The van der Waals surface area contributed by atoms with Crippen molar-refractivity contribution in [2.75, 3.05) is 13.1 Å². The molecule has 2 heterocycles. The van der Waals surface area contributed by atoms with E-state index in [4.69, 9.17) is 0 Å². The van der Waals surface area contributed by atoms with Gasteiger partial charge in [-0.15, -0.1) is 0 Å². The van der Waals surface area contributed by atoms with E-state index >= 15 is 0 Å². The largest absolute Gasteiger partial charge is 0.334 e. The topological polar surface area (TPSA) is 55.2 Å². The Bertz CT molecular complexity index is 863. The highest BCUT2D eigenvalue weighted by Crippen LogP contribution is 2.26. The van der Waals surface area contributed by atoms with Crippen LogP contribution in [0.3, 0.4) is 0 Å². The summed E-state index contributed by atoms with van der Waals surface area (Å²) in [5.41, 5.74) is 2.13. The van der Waals surface area contributed by atoms with Crippen molar-refractivity contribution < 1.29 is 8.42 Å². The fourth-order valence-electron chi connectivity index (χ4n) is 3.61. The van der Waals surface area contributed by atoms with E-state index in [9.17, 15) is 8.42 Å². The maximum atomic E-state index is 12.9. The minimum atomic E-state index is -3.39. The van der Waals surface area contributed by atoms with Gasteiger partial charge in [-0.1, -0.05) is 19.9 Å². The van der Waals surface area contributed by atoms with Crippen LogP contribution in [-0.2, 0) is 16.6 Å². The molecule has 0 spiro atoms. The molecule has 0 unspecified atom stereocenters. The molecule has 6 heteroatoms. The molecular formula is C20H29N3O2S. The second-order valence-electron chi connectivity index (χ2n) is 7.69. The summed E-state index contributed by atoms with van der Waals surface area (Å²) < 4.78 is 29.7. The van der Waals surface area contributed by atoms with Gasteiger partial charge in [0, 0.05) is 37.9 Å². The molecule has 1 saturated heterocycles. The first-order chi connectivity index (χ1) is 12.3. The number of piperidine rings is 1. The molecule has 1 aromatic heterocycles. The van der Waals surface area contributed by atoms with Gasteiger partial charge in [0.15, 0.2) is 0 Å². The quantitative estimate of drug-likeness (QED) is 0.800. The molecule has 0 aliphatic carbocycles. The lowest BCUT2D eigenvalue weighted by Gasteiger charge is -2.31. The summed E-state index contributed by atoms with van der Waals surface area (Å²) in [4.78, 5) is 4.86. The second kappa shape index (κ2) is 7.53. The number of hydrogen-bond acceptors (Lipinski definition) is 3. The van der Waals surface area contributed by atoms with Gasteiger partial charge in [0.1, 0.15) is 5.82 Å². The Morgan fingerprint density at radius 3 is 2.46 bits per heavy atom. The van der Waals surface area contributed by atoms with Gasteiger partial charge in [0.2, 0.25) is 10.0 Å². The number of hydrogen-bond donors (Lipinski definition) is 0. The molecule has 1 aromatic carbocycles. The summed E-state index contributed by atoms with van der Waals surface area (Å²) in [5, 5.41) is 0. The van der Waals surface area contributed by atoms with Gasteiger partial charge in [0.25, 0.3) is 0 Å². The Hall–Kier alpha value is -1.66. The molecule has 0 radical (unpaired) electrons. The van der Waals surface area contributed by atoms with Gasteiger partial charge in [-0.3, -0.25) is 0 Å². The van der Waals surface area contributed by atoms with Crippen LogP contribution in [0, 0.1) is 19.8 Å². The molecule has 142 valence electrons.